The molecule has 1 heterocycles. The summed E-state index contributed by atoms with van der Waals surface area (Å²) in [6.07, 6.45) is 0.526. The van der Waals surface area contributed by atoms with Crippen LogP contribution >= 0.6 is 0 Å². The van der Waals surface area contributed by atoms with Gasteiger partial charge in [0.25, 0.3) is 5.56 Å². The first-order chi connectivity index (χ1) is 13.5. The molecule has 0 aliphatic carbocycles. The Balaban J connectivity index is 2.64. The molecule has 9 heteroatoms. The van der Waals surface area contributed by atoms with Crippen LogP contribution in [0.2, 0.25) is 19.6 Å². The highest BCUT2D eigenvalue weighted by molar-refractivity contribution is 6.83. The van der Waals surface area contributed by atoms with Crippen molar-refractivity contribution in [1.82, 2.24) is 14.9 Å². The van der Waals surface area contributed by atoms with Crippen molar-refractivity contribution >= 4 is 30.9 Å². The lowest BCUT2D eigenvalue weighted by molar-refractivity contribution is -0.121. The van der Waals surface area contributed by atoms with Gasteiger partial charge in [-0.3, -0.25) is 19.5 Å². The largest absolute Gasteiger partial charge is 0.497 e. The van der Waals surface area contributed by atoms with Gasteiger partial charge in [0.2, 0.25) is 0 Å². The first-order valence-corrected chi connectivity index (χ1v) is 12.5. The molecule has 1 amide bonds. The Labute approximate surface area is 170 Å². The van der Waals surface area contributed by atoms with E-state index < -0.39 is 25.5 Å². The number of nitrogens with one attached hydrogen (secondary N) is 1. The van der Waals surface area contributed by atoms with Crippen LogP contribution in [-0.2, 0) is 16.1 Å². The number of carbonyl (C=O) groups excluding carboxylic acids is 2. The van der Waals surface area contributed by atoms with Crippen LogP contribution < -0.4 is 15.6 Å². The van der Waals surface area contributed by atoms with Crippen LogP contribution in [0.25, 0.3) is 10.9 Å². The summed E-state index contributed by atoms with van der Waals surface area (Å²) in [5, 5.41) is 2.86. The molecule has 0 saturated carbocycles. The van der Waals surface area contributed by atoms with E-state index >= 15 is 0 Å². The molecule has 1 atom stereocenters. The van der Waals surface area contributed by atoms with Crippen LogP contribution in [0.5, 0.6) is 5.75 Å². The minimum Gasteiger partial charge on any atom is -0.497 e. The van der Waals surface area contributed by atoms with Gasteiger partial charge in [-0.25, -0.2) is 9.78 Å². The number of fused-ring (bicyclic) bond motifs is 1. The summed E-state index contributed by atoms with van der Waals surface area (Å²) in [5.41, 5.74) is 1.61. The number of benzene rings is 1. The van der Waals surface area contributed by atoms with Crippen molar-refractivity contribution in [1.29, 1.82) is 0 Å². The van der Waals surface area contributed by atoms with Crippen molar-refractivity contribution in [2.24, 2.45) is 0 Å². The van der Waals surface area contributed by atoms with Gasteiger partial charge in [-0.05, 0) is 25.1 Å². The topological polar surface area (TPSA) is 99.5 Å². The van der Waals surface area contributed by atoms with Gasteiger partial charge in [-0.1, -0.05) is 25.6 Å². The first-order valence-electron chi connectivity index (χ1n) is 8.96. The van der Waals surface area contributed by atoms with Crippen LogP contribution in [0.4, 0.5) is 4.79 Å². The first kappa shape index (κ1) is 22.2. The molecule has 0 saturated heterocycles. The number of amides is 1. The number of methoxy groups -OCH3 is 2. The Morgan fingerprint density at radius 1 is 1.28 bits per heavy atom. The van der Waals surface area contributed by atoms with E-state index in [0.717, 1.165) is 0 Å². The van der Waals surface area contributed by atoms with Crippen LogP contribution in [0.15, 0.2) is 29.3 Å². The normalized spacial score (nSPS) is 13.0. The van der Waals surface area contributed by atoms with Crippen molar-refractivity contribution < 1.29 is 19.1 Å². The summed E-state index contributed by atoms with van der Waals surface area (Å²) in [5.74, 6) is 3.02. The maximum absolute atomic E-state index is 13.0. The average Bonchev–Trinajstić information content (AvgIpc) is 2.67. The third-order valence-corrected chi connectivity index (χ3v) is 5.07. The lowest BCUT2D eigenvalue weighted by atomic mass is 9.95. The smallest absolute Gasteiger partial charge is 0.408 e. The summed E-state index contributed by atoms with van der Waals surface area (Å²) in [6.45, 7) is 7.16. The summed E-state index contributed by atoms with van der Waals surface area (Å²) < 4.78 is 11.1. The number of ether oxygens (including phenoxy) is 2. The molecule has 1 aromatic heterocycles. The van der Waals surface area contributed by atoms with Crippen LogP contribution in [0.3, 0.4) is 0 Å². The summed E-state index contributed by atoms with van der Waals surface area (Å²) in [7, 11) is 0.814. The standard InChI is InChI=1S/C20H25N3O5Si/c1-14(24)20(22-19(26)28-3,9-10-29(4,5)6)12-23-13-21-17-8-7-15(27-2)11-16(17)18(23)25/h7-8,11,13H,12H2,1-6H3,(H,22,26). The van der Waals surface area contributed by atoms with Crippen molar-refractivity contribution in [3.05, 3.63) is 34.9 Å². The van der Waals surface area contributed by atoms with Crippen molar-refractivity contribution in [2.75, 3.05) is 14.2 Å². The molecule has 2 aromatic rings. The van der Waals surface area contributed by atoms with E-state index in [1.807, 2.05) is 19.6 Å². The minimum absolute atomic E-state index is 0.200. The molecule has 0 aliphatic rings. The van der Waals surface area contributed by atoms with Gasteiger partial charge in [-0.2, -0.15) is 0 Å². The summed E-state index contributed by atoms with van der Waals surface area (Å²) in [6, 6.07) is 4.96. The molecule has 0 fully saturated rings. The van der Waals surface area contributed by atoms with Gasteiger partial charge in [0, 0.05) is 0 Å². The van der Waals surface area contributed by atoms with E-state index in [1.165, 1.54) is 32.0 Å². The van der Waals surface area contributed by atoms with Gasteiger partial charge in [0.1, 0.15) is 13.8 Å². The Bertz CT molecular complexity index is 1060. The van der Waals surface area contributed by atoms with E-state index in [0.29, 0.717) is 16.7 Å². The molecule has 8 nitrogen and oxygen atoms in total. The number of hydrogen-bond donors (Lipinski definition) is 1. The van der Waals surface area contributed by atoms with Gasteiger partial charge in [0.05, 0.1) is 38.0 Å². The third kappa shape index (κ3) is 5.23. The highest BCUT2D eigenvalue weighted by Crippen LogP contribution is 2.17. The molecule has 2 rings (SSSR count). The second kappa shape index (κ2) is 8.49. The zero-order valence-electron chi connectivity index (χ0n) is 17.5. The van der Waals surface area contributed by atoms with Gasteiger partial charge in [0.15, 0.2) is 11.3 Å². The molecule has 29 heavy (non-hydrogen) atoms. The predicted octanol–water partition coefficient (Wildman–Crippen LogP) is 1.97. The molecular weight excluding hydrogens is 390 g/mol. The number of ketones is 1. The van der Waals surface area contributed by atoms with Gasteiger partial charge in [-0.15, -0.1) is 5.54 Å². The molecule has 154 valence electrons. The van der Waals surface area contributed by atoms with E-state index in [9.17, 15) is 14.4 Å². The third-order valence-electron chi connectivity index (χ3n) is 4.19. The van der Waals surface area contributed by atoms with Crippen molar-refractivity contribution in [2.45, 2.75) is 38.6 Å². The predicted molar refractivity (Wildman–Crippen MR) is 113 cm³/mol. The number of nitrogens with zero attached hydrogens (tertiary/aromatic N) is 2. The summed E-state index contributed by atoms with van der Waals surface area (Å²) in [4.78, 5) is 41.9. The fourth-order valence-electron chi connectivity index (χ4n) is 2.55. The van der Waals surface area contributed by atoms with Gasteiger partial charge < -0.3 is 9.47 Å². The van der Waals surface area contributed by atoms with Crippen LogP contribution in [0, 0.1) is 11.5 Å². The lowest BCUT2D eigenvalue weighted by Gasteiger charge is -2.27. The Hall–Kier alpha value is -3.12. The Morgan fingerprint density at radius 2 is 1.97 bits per heavy atom. The van der Waals surface area contributed by atoms with E-state index in [1.54, 1.807) is 18.2 Å². The number of carbonyl (C=O) groups is 2. The SMILES string of the molecule is COC(=O)NC(C#C[Si](C)(C)C)(Cn1cnc2ccc(OC)cc2c1=O)C(C)=O. The maximum Gasteiger partial charge on any atom is 0.408 e. The molecule has 1 aromatic carbocycles. The average molecular weight is 416 g/mol. The Kier molecular flexibility index (Phi) is 6.49. The molecule has 0 radical (unpaired) electrons. The quantitative estimate of drug-likeness (QED) is 0.592. The monoisotopic (exact) mass is 415 g/mol. The van der Waals surface area contributed by atoms with E-state index in [-0.39, 0.29) is 12.1 Å². The number of rotatable bonds is 5. The Morgan fingerprint density at radius 3 is 2.52 bits per heavy atom. The number of alkyl carbamates (subject to hydrolysis) is 1. The lowest BCUT2D eigenvalue weighted by Crippen LogP contribution is -2.56. The second-order valence-corrected chi connectivity index (χ2v) is 12.4. The summed E-state index contributed by atoms with van der Waals surface area (Å²) >= 11 is 0. The molecule has 0 bridgehead atoms. The molecule has 0 aliphatic heterocycles. The molecule has 0 spiro atoms. The second-order valence-electron chi connectivity index (χ2n) is 7.64. The zero-order chi connectivity index (χ0) is 21.8. The van der Waals surface area contributed by atoms with Crippen molar-refractivity contribution in [3.63, 3.8) is 0 Å². The zero-order valence-corrected chi connectivity index (χ0v) is 18.5. The van der Waals surface area contributed by atoms with Crippen LogP contribution in [0.1, 0.15) is 6.92 Å². The number of hydrogen-bond acceptors (Lipinski definition) is 6. The fraction of sp³-hybridized carbons (Fsp3) is 0.400. The van der Waals surface area contributed by atoms with E-state index in [2.05, 4.69) is 26.5 Å². The molecule has 1 N–H and O–H groups in total. The fourth-order valence-corrected chi connectivity index (χ4v) is 3.14. The molecule has 1 unspecified atom stereocenters. The maximum atomic E-state index is 13.0. The van der Waals surface area contributed by atoms with E-state index in [4.69, 9.17) is 4.74 Å². The van der Waals surface area contributed by atoms with Gasteiger partial charge >= 0.3 is 6.09 Å². The van der Waals surface area contributed by atoms with Crippen molar-refractivity contribution in [3.8, 4) is 17.2 Å². The molecular formula is C20H25N3O5Si. The highest BCUT2D eigenvalue weighted by atomic mass is 28.3. The highest BCUT2D eigenvalue weighted by Gasteiger charge is 2.37. The number of aromatic nitrogens is 2. The minimum atomic E-state index is -1.89. The van der Waals surface area contributed by atoms with Crippen LogP contribution in [-0.4, -0.2) is 49.3 Å². The number of Topliss-reactive ketones (excluding diaryl/α,β-unsaturated/α-hetero) is 1.